The Bertz CT molecular complexity index is 994. The molecule has 0 saturated carbocycles. The number of carbonyl (C=O) groups excluding carboxylic acids is 2. The summed E-state index contributed by atoms with van der Waals surface area (Å²) in [7, 11) is 0. The van der Waals surface area contributed by atoms with E-state index in [2.05, 4.69) is 10.2 Å². The van der Waals surface area contributed by atoms with Crippen molar-refractivity contribution < 1.29 is 28.2 Å². The summed E-state index contributed by atoms with van der Waals surface area (Å²) >= 11 is 0. The maximum absolute atomic E-state index is 13.5. The number of nitrogens with zero attached hydrogens (tertiary/aromatic N) is 2. The average Bonchev–Trinajstić information content (AvgIpc) is 3.00. The third kappa shape index (κ3) is 3.97. The van der Waals surface area contributed by atoms with Gasteiger partial charge >= 0.3 is 0 Å². The summed E-state index contributed by atoms with van der Waals surface area (Å²) in [5, 5.41) is 11.7. The molecule has 0 unspecified atom stereocenters. The van der Waals surface area contributed by atoms with E-state index in [-0.39, 0.29) is 17.9 Å². The standard InChI is InChI=1S/C21H19F2N3O4/c22-16-9-14(10-17(23)20(16)28)24-18-11-19(27)26(21(18)29)12-13-1-3-15(4-2-13)25-5-7-30-8-6-25/h1-4,9-11,24,28H,5-8,12H2. The minimum Gasteiger partial charge on any atom is -0.503 e. The number of hydrogen-bond acceptors (Lipinski definition) is 6. The second-order valence-corrected chi connectivity index (χ2v) is 6.97. The minimum absolute atomic E-state index is 0.0705. The van der Waals surface area contributed by atoms with Gasteiger partial charge in [-0.25, -0.2) is 8.78 Å². The zero-order valence-corrected chi connectivity index (χ0v) is 15.9. The normalized spacial score (nSPS) is 16.8. The van der Waals surface area contributed by atoms with E-state index < -0.39 is 29.2 Å². The zero-order chi connectivity index (χ0) is 21.3. The molecule has 0 aliphatic carbocycles. The molecule has 9 heteroatoms. The molecule has 0 radical (unpaired) electrons. The molecule has 0 atom stereocenters. The number of hydrogen-bond donors (Lipinski definition) is 2. The molecule has 0 spiro atoms. The Hall–Kier alpha value is -3.46. The number of halogens is 2. The lowest BCUT2D eigenvalue weighted by molar-refractivity contribution is -0.137. The smallest absolute Gasteiger partial charge is 0.277 e. The molecule has 1 saturated heterocycles. The molecule has 2 aromatic rings. The summed E-state index contributed by atoms with van der Waals surface area (Å²) in [6.07, 6.45) is 1.08. The average molecular weight is 415 g/mol. The van der Waals surface area contributed by atoms with Crippen molar-refractivity contribution in [2.75, 3.05) is 36.5 Å². The van der Waals surface area contributed by atoms with Gasteiger partial charge in [-0.15, -0.1) is 0 Å². The van der Waals surface area contributed by atoms with Crippen LogP contribution < -0.4 is 10.2 Å². The van der Waals surface area contributed by atoms with Crippen molar-refractivity contribution in [2.45, 2.75) is 6.54 Å². The van der Waals surface area contributed by atoms with Crippen LogP contribution in [0, 0.1) is 11.6 Å². The summed E-state index contributed by atoms with van der Waals surface area (Å²) < 4.78 is 32.3. The number of ether oxygens (including phenoxy) is 1. The number of morpholine rings is 1. The number of phenols is 1. The third-order valence-electron chi connectivity index (χ3n) is 4.96. The van der Waals surface area contributed by atoms with Gasteiger partial charge in [-0.2, -0.15) is 0 Å². The van der Waals surface area contributed by atoms with Gasteiger partial charge in [0.2, 0.25) is 0 Å². The van der Waals surface area contributed by atoms with Crippen molar-refractivity contribution in [1.82, 2.24) is 4.90 Å². The number of nitrogens with one attached hydrogen (secondary N) is 1. The molecular weight excluding hydrogens is 396 g/mol. The summed E-state index contributed by atoms with van der Waals surface area (Å²) in [6.45, 7) is 3.03. The van der Waals surface area contributed by atoms with Crippen LogP contribution in [0.2, 0.25) is 0 Å². The molecule has 2 aromatic carbocycles. The van der Waals surface area contributed by atoms with Crippen molar-refractivity contribution in [3.8, 4) is 5.75 Å². The van der Waals surface area contributed by atoms with Crippen LogP contribution in [0.25, 0.3) is 0 Å². The predicted molar refractivity (Wildman–Crippen MR) is 105 cm³/mol. The minimum atomic E-state index is -1.17. The number of carbonyl (C=O) groups is 2. The third-order valence-corrected chi connectivity index (χ3v) is 4.96. The first-order valence-electron chi connectivity index (χ1n) is 9.36. The van der Waals surface area contributed by atoms with Gasteiger partial charge in [-0.1, -0.05) is 12.1 Å². The summed E-state index contributed by atoms with van der Waals surface area (Å²) in [5.74, 6) is -4.59. The van der Waals surface area contributed by atoms with E-state index in [9.17, 15) is 18.4 Å². The second kappa shape index (κ2) is 8.11. The molecule has 156 valence electrons. The Labute approximate surface area is 171 Å². The quantitative estimate of drug-likeness (QED) is 0.577. The van der Waals surface area contributed by atoms with E-state index in [1.807, 2.05) is 24.3 Å². The van der Waals surface area contributed by atoms with E-state index >= 15 is 0 Å². The van der Waals surface area contributed by atoms with Crippen LogP contribution in [0.5, 0.6) is 5.75 Å². The van der Waals surface area contributed by atoms with Crippen LogP contribution in [0.4, 0.5) is 20.2 Å². The fraction of sp³-hybridized carbons (Fsp3) is 0.238. The molecule has 2 N–H and O–H groups in total. The largest absolute Gasteiger partial charge is 0.503 e. The van der Waals surface area contributed by atoms with Gasteiger partial charge < -0.3 is 20.1 Å². The fourth-order valence-electron chi connectivity index (χ4n) is 3.36. The predicted octanol–water partition coefficient (Wildman–Crippen LogP) is 2.37. The molecular formula is C21H19F2N3O4. The van der Waals surface area contributed by atoms with E-state index in [4.69, 9.17) is 9.84 Å². The molecule has 4 rings (SSSR count). The van der Waals surface area contributed by atoms with Crippen LogP contribution in [0.3, 0.4) is 0 Å². The van der Waals surface area contributed by atoms with Crippen LogP contribution >= 0.6 is 0 Å². The first-order valence-corrected chi connectivity index (χ1v) is 9.36. The monoisotopic (exact) mass is 415 g/mol. The number of rotatable bonds is 5. The van der Waals surface area contributed by atoms with E-state index in [1.54, 1.807) is 0 Å². The van der Waals surface area contributed by atoms with Crippen LogP contribution in [0.1, 0.15) is 5.56 Å². The van der Waals surface area contributed by atoms with Crippen molar-refractivity contribution >= 4 is 23.2 Å². The number of aromatic hydroxyl groups is 1. The molecule has 2 amide bonds. The maximum Gasteiger partial charge on any atom is 0.277 e. The lowest BCUT2D eigenvalue weighted by atomic mass is 10.1. The number of amides is 2. The number of phenolic OH excluding ortho intramolecular Hbond substituents is 1. The molecule has 2 heterocycles. The summed E-state index contributed by atoms with van der Waals surface area (Å²) in [4.78, 5) is 28.1. The summed E-state index contributed by atoms with van der Waals surface area (Å²) in [5.41, 5.74) is 1.62. The highest BCUT2D eigenvalue weighted by molar-refractivity contribution is 6.17. The van der Waals surface area contributed by atoms with Crippen molar-refractivity contribution in [3.05, 3.63) is 65.4 Å². The molecule has 7 nitrogen and oxygen atoms in total. The van der Waals surface area contributed by atoms with Gasteiger partial charge in [-0.05, 0) is 17.7 Å². The Morgan fingerprint density at radius 2 is 1.67 bits per heavy atom. The Morgan fingerprint density at radius 3 is 2.30 bits per heavy atom. The van der Waals surface area contributed by atoms with Gasteiger partial charge in [-0.3, -0.25) is 14.5 Å². The van der Waals surface area contributed by atoms with Gasteiger partial charge in [0.25, 0.3) is 11.8 Å². The van der Waals surface area contributed by atoms with Gasteiger partial charge in [0.05, 0.1) is 19.8 Å². The van der Waals surface area contributed by atoms with Crippen molar-refractivity contribution in [1.29, 1.82) is 0 Å². The summed E-state index contributed by atoms with van der Waals surface area (Å²) in [6, 6.07) is 9.23. The maximum atomic E-state index is 13.5. The number of imide groups is 1. The topological polar surface area (TPSA) is 82.1 Å². The van der Waals surface area contributed by atoms with Crippen LogP contribution in [0.15, 0.2) is 48.2 Å². The molecule has 2 aliphatic rings. The lowest BCUT2D eigenvalue weighted by Gasteiger charge is -2.29. The Morgan fingerprint density at radius 1 is 1.03 bits per heavy atom. The van der Waals surface area contributed by atoms with Gasteiger partial charge in [0.1, 0.15) is 5.70 Å². The highest BCUT2D eigenvalue weighted by Gasteiger charge is 2.31. The lowest BCUT2D eigenvalue weighted by Crippen LogP contribution is -2.36. The SMILES string of the molecule is O=C1C=C(Nc2cc(F)c(O)c(F)c2)C(=O)N1Cc1ccc(N2CCOCC2)cc1. The number of anilines is 2. The van der Waals surface area contributed by atoms with Crippen LogP contribution in [-0.4, -0.2) is 48.1 Å². The highest BCUT2D eigenvalue weighted by Crippen LogP contribution is 2.26. The van der Waals surface area contributed by atoms with Gasteiger partial charge in [0, 0.05) is 42.7 Å². The van der Waals surface area contributed by atoms with Crippen molar-refractivity contribution in [3.63, 3.8) is 0 Å². The molecule has 1 fully saturated rings. The molecule has 30 heavy (non-hydrogen) atoms. The molecule has 0 bridgehead atoms. The first-order chi connectivity index (χ1) is 14.4. The first kappa shape index (κ1) is 19.8. The second-order valence-electron chi connectivity index (χ2n) is 6.97. The Kier molecular flexibility index (Phi) is 5.37. The zero-order valence-electron chi connectivity index (χ0n) is 15.9. The van der Waals surface area contributed by atoms with E-state index in [1.165, 1.54) is 0 Å². The van der Waals surface area contributed by atoms with Crippen molar-refractivity contribution in [2.24, 2.45) is 0 Å². The molecule has 0 aromatic heterocycles. The highest BCUT2D eigenvalue weighted by atomic mass is 19.1. The Balaban J connectivity index is 1.43. The number of benzene rings is 2. The fourth-order valence-corrected chi connectivity index (χ4v) is 3.36. The molecule has 2 aliphatic heterocycles. The van der Waals surface area contributed by atoms with Crippen LogP contribution in [-0.2, 0) is 20.9 Å². The van der Waals surface area contributed by atoms with E-state index in [0.29, 0.717) is 13.2 Å². The van der Waals surface area contributed by atoms with E-state index in [0.717, 1.165) is 47.4 Å². The van der Waals surface area contributed by atoms with Gasteiger partial charge in [0.15, 0.2) is 17.4 Å².